The molecular weight excluding hydrogens is 510 g/mol. The summed E-state index contributed by atoms with van der Waals surface area (Å²) in [5.41, 5.74) is 2.20. The maximum Gasteiger partial charge on any atom is 0.346 e. The molecule has 0 radical (unpaired) electrons. The summed E-state index contributed by atoms with van der Waals surface area (Å²) in [6.07, 6.45) is 2.83. The SMILES string of the molecule is C=CCc1cc(C=Nn2c(-c3cc4ccccc4o3)nc3ccccc3c2=O)cc(OC)c1O[C@@H](C)C(=O)OC. The second-order valence-electron chi connectivity index (χ2n) is 8.95. The molecule has 9 nitrogen and oxygen atoms in total. The Balaban J connectivity index is 1.63. The van der Waals surface area contributed by atoms with Gasteiger partial charge in [-0.15, -0.1) is 6.58 Å². The standard InChI is InChI=1S/C31H27N3O6/c1-5-10-22-15-20(16-26(37-3)28(22)39-19(2)31(36)38-4)18-32-34-29(27-17-21-11-6-9-14-25(21)40-27)33-24-13-8-7-12-23(24)30(34)35/h5-9,11-19H,1,10H2,2-4H3/t19-/m0/s1. The predicted octanol–water partition coefficient (Wildman–Crippen LogP) is 5.37. The molecule has 202 valence electrons. The van der Waals surface area contributed by atoms with E-state index in [-0.39, 0.29) is 11.4 Å². The summed E-state index contributed by atoms with van der Waals surface area (Å²) in [6, 6.07) is 20.0. The summed E-state index contributed by atoms with van der Waals surface area (Å²) < 4.78 is 23.5. The van der Waals surface area contributed by atoms with Crippen LogP contribution in [0.2, 0.25) is 0 Å². The van der Waals surface area contributed by atoms with E-state index in [9.17, 15) is 9.59 Å². The van der Waals surface area contributed by atoms with E-state index >= 15 is 0 Å². The molecule has 0 spiro atoms. The van der Waals surface area contributed by atoms with E-state index in [0.29, 0.717) is 51.3 Å². The number of para-hydroxylation sites is 2. The molecule has 0 aliphatic carbocycles. The van der Waals surface area contributed by atoms with Crippen LogP contribution in [0.15, 0.2) is 93.7 Å². The zero-order valence-corrected chi connectivity index (χ0v) is 22.3. The van der Waals surface area contributed by atoms with Gasteiger partial charge in [0.2, 0.25) is 5.82 Å². The minimum absolute atomic E-state index is 0.265. The molecule has 0 saturated heterocycles. The smallest absolute Gasteiger partial charge is 0.346 e. The predicted molar refractivity (Wildman–Crippen MR) is 153 cm³/mol. The molecule has 2 aromatic heterocycles. The van der Waals surface area contributed by atoms with Crippen LogP contribution in [-0.4, -0.2) is 42.2 Å². The number of hydrogen-bond acceptors (Lipinski definition) is 8. The van der Waals surface area contributed by atoms with Crippen LogP contribution in [0.4, 0.5) is 0 Å². The minimum atomic E-state index is -0.851. The lowest BCUT2D eigenvalue weighted by atomic mass is 10.1. The van der Waals surface area contributed by atoms with Gasteiger partial charge in [0, 0.05) is 10.9 Å². The monoisotopic (exact) mass is 537 g/mol. The summed E-state index contributed by atoms with van der Waals surface area (Å²) in [5.74, 6) is 0.939. The number of esters is 1. The van der Waals surface area contributed by atoms with Crippen molar-refractivity contribution in [3.63, 3.8) is 0 Å². The largest absolute Gasteiger partial charge is 0.493 e. The third kappa shape index (κ3) is 5.09. The first-order valence-corrected chi connectivity index (χ1v) is 12.5. The Morgan fingerprint density at radius 2 is 1.90 bits per heavy atom. The average Bonchev–Trinajstić information content (AvgIpc) is 3.41. The summed E-state index contributed by atoms with van der Waals surface area (Å²) in [4.78, 5) is 30.3. The van der Waals surface area contributed by atoms with Crippen molar-refractivity contribution >= 4 is 34.1 Å². The molecule has 0 bridgehead atoms. The van der Waals surface area contributed by atoms with Crippen molar-refractivity contribution in [2.24, 2.45) is 5.10 Å². The Bertz CT molecular complexity index is 1780. The topological polar surface area (TPSA) is 105 Å². The Morgan fingerprint density at radius 3 is 2.65 bits per heavy atom. The van der Waals surface area contributed by atoms with Gasteiger partial charge < -0.3 is 18.6 Å². The van der Waals surface area contributed by atoms with Crippen molar-refractivity contribution in [2.45, 2.75) is 19.4 Å². The highest BCUT2D eigenvalue weighted by Gasteiger charge is 2.21. The number of nitrogens with zero attached hydrogens (tertiary/aromatic N) is 3. The van der Waals surface area contributed by atoms with Gasteiger partial charge in [-0.05, 0) is 55.3 Å². The zero-order valence-electron chi connectivity index (χ0n) is 22.3. The van der Waals surface area contributed by atoms with Gasteiger partial charge in [-0.3, -0.25) is 4.79 Å². The van der Waals surface area contributed by atoms with Crippen molar-refractivity contribution in [2.75, 3.05) is 14.2 Å². The summed E-state index contributed by atoms with van der Waals surface area (Å²) >= 11 is 0. The number of allylic oxidation sites excluding steroid dienone is 1. The molecule has 0 amide bonds. The van der Waals surface area contributed by atoms with Crippen LogP contribution >= 0.6 is 0 Å². The number of furan rings is 1. The van der Waals surface area contributed by atoms with Crippen LogP contribution in [-0.2, 0) is 16.0 Å². The van der Waals surface area contributed by atoms with Crippen molar-refractivity contribution in [3.8, 4) is 23.1 Å². The van der Waals surface area contributed by atoms with Crippen molar-refractivity contribution in [3.05, 3.63) is 101 Å². The van der Waals surface area contributed by atoms with E-state index < -0.39 is 12.1 Å². The lowest BCUT2D eigenvalue weighted by Gasteiger charge is -2.18. The van der Waals surface area contributed by atoms with Gasteiger partial charge in [0.05, 0.1) is 31.3 Å². The highest BCUT2D eigenvalue weighted by atomic mass is 16.6. The van der Waals surface area contributed by atoms with Gasteiger partial charge in [-0.1, -0.05) is 36.4 Å². The first kappa shape index (κ1) is 26.4. The second-order valence-corrected chi connectivity index (χ2v) is 8.95. The third-order valence-corrected chi connectivity index (χ3v) is 6.29. The fourth-order valence-corrected chi connectivity index (χ4v) is 4.35. The fraction of sp³-hybridized carbons (Fsp3) is 0.161. The minimum Gasteiger partial charge on any atom is -0.493 e. The highest BCUT2D eigenvalue weighted by Crippen LogP contribution is 2.34. The van der Waals surface area contributed by atoms with E-state index in [2.05, 4.69) is 11.7 Å². The van der Waals surface area contributed by atoms with Crippen LogP contribution in [0, 0.1) is 0 Å². The van der Waals surface area contributed by atoms with Gasteiger partial charge in [-0.25, -0.2) is 9.78 Å². The number of aromatic nitrogens is 2. The number of ether oxygens (including phenoxy) is 3. The number of hydrogen-bond donors (Lipinski definition) is 0. The molecule has 5 rings (SSSR count). The molecule has 3 aromatic carbocycles. The Hall–Kier alpha value is -5.18. The molecule has 0 fully saturated rings. The quantitative estimate of drug-likeness (QED) is 0.141. The molecule has 0 saturated carbocycles. The molecule has 0 unspecified atom stereocenters. The van der Waals surface area contributed by atoms with E-state index in [1.807, 2.05) is 42.5 Å². The fourth-order valence-electron chi connectivity index (χ4n) is 4.35. The average molecular weight is 538 g/mol. The summed E-state index contributed by atoms with van der Waals surface area (Å²) in [5, 5.41) is 5.84. The Labute approximate surface area is 229 Å². The van der Waals surface area contributed by atoms with Crippen LogP contribution in [0.1, 0.15) is 18.1 Å². The molecular formula is C31H27N3O6. The van der Waals surface area contributed by atoms with Gasteiger partial charge in [0.1, 0.15) is 5.58 Å². The molecule has 1 atom stereocenters. The number of benzene rings is 3. The molecule has 0 N–H and O–H groups in total. The number of fused-ring (bicyclic) bond motifs is 2. The lowest BCUT2D eigenvalue weighted by Crippen LogP contribution is -2.25. The molecule has 2 heterocycles. The van der Waals surface area contributed by atoms with Crippen LogP contribution in [0.3, 0.4) is 0 Å². The van der Waals surface area contributed by atoms with E-state index in [1.54, 1.807) is 37.3 Å². The van der Waals surface area contributed by atoms with Gasteiger partial charge in [0.15, 0.2) is 23.4 Å². The normalized spacial score (nSPS) is 12.1. The van der Waals surface area contributed by atoms with Gasteiger partial charge in [-0.2, -0.15) is 9.78 Å². The first-order chi connectivity index (χ1) is 19.4. The zero-order chi connectivity index (χ0) is 28.2. The van der Waals surface area contributed by atoms with Crippen LogP contribution in [0.25, 0.3) is 33.5 Å². The molecule has 5 aromatic rings. The maximum atomic E-state index is 13.6. The van der Waals surface area contributed by atoms with E-state index in [0.717, 1.165) is 5.39 Å². The van der Waals surface area contributed by atoms with Gasteiger partial charge in [0.25, 0.3) is 5.56 Å². The second kappa shape index (κ2) is 11.3. The maximum absolute atomic E-state index is 13.6. The van der Waals surface area contributed by atoms with E-state index in [4.69, 9.17) is 23.6 Å². The summed E-state index contributed by atoms with van der Waals surface area (Å²) in [7, 11) is 2.80. The molecule has 9 heteroatoms. The van der Waals surface area contributed by atoms with Gasteiger partial charge >= 0.3 is 5.97 Å². The van der Waals surface area contributed by atoms with Crippen molar-refractivity contribution < 1.29 is 23.4 Å². The summed E-state index contributed by atoms with van der Waals surface area (Å²) in [6.45, 7) is 5.42. The highest BCUT2D eigenvalue weighted by molar-refractivity contribution is 5.85. The number of rotatable bonds is 9. The number of methoxy groups -OCH3 is 2. The number of carbonyl (C=O) groups excluding carboxylic acids is 1. The van der Waals surface area contributed by atoms with Crippen molar-refractivity contribution in [1.82, 2.24) is 9.66 Å². The molecule has 40 heavy (non-hydrogen) atoms. The number of carbonyl (C=O) groups is 1. The van der Waals surface area contributed by atoms with E-state index in [1.165, 1.54) is 25.1 Å². The Morgan fingerprint density at radius 1 is 1.12 bits per heavy atom. The van der Waals surface area contributed by atoms with Crippen LogP contribution < -0.4 is 15.0 Å². The lowest BCUT2D eigenvalue weighted by molar-refractivity contribution is -0.147. The molecule has 0 aliphatic heterocycles. The third-order valence-electron chi connectivity index (χ3n) is 6.29. The first-order valence-electron chi connectivity index (χ1n) is 12.5. The van der Waals surface area contributed by atoms with Crippen LogP contribution in [0.5, 0.6) is 11.5 Å². The van der Waals surface area contributed by atoms with Crippen molar-refractivity contribution in [1.29, 1.82) is 0 Å². The Kier molecular flexibility index (Phi) is 7.46. The molecule has 0 aliphatic rings.